The maximum Gasteiger partial charge on any atom is 0.255 e. The van der Waals surface area contributed by atoms with E-state index in [0.29, 0.717) is 23.7 Å². The van der Waals surface area contributed by atoms with Crippen LogP contribution < -0.4 is 5.32 Å². The zero-order chi connectivity index (χ0) is 21.7. The maximum absolute atomic E-state index is 13.3. The number of rotatable bonds is 7. The van der Waals surface area contributed by atoms with E-state index in [9.17, 15) is 9.59 Å². The number of thioether (sulfide) groups is 1. The van der Waals surface area contributed by atoms with Crippen LogP contribution >= 0.6 is 23.4 Å². The summed E-state index contributed by atoms with van der Waals surface area (Å²) in [6.07, 6.45) is 3.72. The summed E-state index contributed by atoms with van der Waals surface area (Å²) in [6.45, 7) is 4.95. The lowest BCUT2D eigenvalue weighted by molar-refractivity contribution is -0.117. The first-order valence-corrected chi connectivity index (χ1v) is 11.6. The quantitative estimate of drug-likeness (QED) is 0.612. The molecule has 0 spiro atoms. The highest BCUT2D eigenvalue weighted by molar-refractivity contribution is 7.98. The third-order valence-electron chi connectivity index (χ3n) is 5.35. The Bertz CT molecular complexity index is 929. The molecule has 2 aromatic rings. The zero-order valence-electron chi connectivity index (χ0n) is 17.5. The van der Waals surface area contributed by atoms with Crippen LogP contribution in [-0.4, -0.2) is 48.8 Å². The Hall–Kier alpha value is -2.02. The molecule has 0 bridgehead atoms. The molecule has 5 nitrogen and oxygen atoms in total. The Morgan fingerprint density at radius 3 is 2.77 bits per heavy atom. The summed E-state index contributed by atoms with van der Waals surface area (Å²) in [6, 6.07) is 11.1. The van der Waals surface area contributed by atoms with Crippen molar-refractivity contribution in [3.05, 3.63) is 58.1 Å². The Balaban J connectivity index is 1.80. The van der Waals surface area contributed by atoms with E-state index in [-0.39, 0.29) is 24.5 Å². The van der Waals surface area contributed by atoms with E-state index in [1.807, 2.05) is 44.4 Å². The van der Waals surface area contributed by atoms with E-state index in [1.54, 1.807) is 17.0 Å². The van der Waals surface area contributed by atoms with Crippen molar-refractivity contribution >= 4 is 40.9 Å². The molecule has 1 saturated heterocycles. The number of hydrogen-bond acceptors (Lipinski definition) is 4. The molecular weight excluding hydrogens is 420 g/mol. The minimum absolute atomic E-state index is 0.0636. The van der Waals surface area contributed by atoms with Crippen LogP contribution in [0.4, 0.5) is 5.69 Å². The first-order valence-electron chi connectivity index (χ1n) is 9.99. The second kappa shape index (κ2) is 10.3. The lowest BCUT2D eigenvalue weighted by Gasteiger charge is -2.26. The minimum Gasteiger partial charge on any atom is -0.376 e. The predicted octanol–water partition coefficient (Wildman–Crippen LogP) is 4.94. The number of benzene rings is 2. The third kappa shape index (κ3) is 5.56. The number of carbonyl (C=O) groups excluding carboxylic acids is 2. The van der Waals surface area contributed by atoms with Gasteiger partial charge in [-0.05, 0) is 68.3 Å². The third-order valence-corrected chi connectivity index (χ3v) is 6.41. The Kier molecular flexibility index (Phi) is 7.81. The average molecular weight is 447 g/mol. The van der Waals surface area contributed by atoms with Gasteiger partial charge in [0.05, 0.1) is 16.7 Å². The zero-order valence-corrected chi connectivity index (χ0v) is 19.1. The van der Waals surface area contributed by atoms with Crippen LogP contribution in [-0.2, 0) is 9.53 Å². The van der Waals surface area contributed by atoms with E-state index in [4.69, 9.17) is 16.3 Å². The summed E-state index contributed by atoms with van der Waals surface area (Å²) < 4.78 is 5.72. The monoisotopic (exact) mass is 446 g/mol. The molecule has 1 fully saturated rings. The number of ether oxygens (including phenoxy) is 1. The van der Waals surface area contributed by atoms with Crippen LogP contribution in [0.3, 0.4) is 0 Å². The van der Waals surface area contributed by atoms with E-state index in [1.165, 1.54) is 11.8 Å². The summed E-state index contributed by atoms with van der Waals surface area (Å²) in [5.74, 6) is -0.505. The molecule has 160 valence electrons. The number of anilines is 1. The van der Waals surface area contributed by atoms with Gasteiger partial charge in [-0.1, -0.05) is 23.7 Å². The van der Waals surface area contributed by atoms with Crippen molar-refractivity contribution in [3.63, 3.8) is 0 Å². The average Bonchev–Trinajstić information content (AvgIpc) is 3.24. The molecule has 0 aliphatic carbocycles. The molecule has 0 saturated carbocycles. The number of aryl methyl sites for hydroxylation is 1. The SMILES string of the molecule is CSc1ccc(Cl)c(C(=O)N(CC(=O)Nc2cccc(C)c2C)CC2CCCO2)c1. The highest BCUT2D eigenvalue weighted by Crippen LogP contribution is 2.25. The van der Waals surface area contributed by atoms with Crippen LogP contribution in [0.15, 0.2) is 41.3 Å². The van der Waals surface area contributed by atoms with Crippen molar-refractivity contribution < 1.29 is 14.3 Å². The molecule has 2 aromatic carbocycles. The standard InChI is InChI=1S/C23H27ClN2O3S/c1-15-6-4-8-21(16(15)2)25-22(27)14-26(13-17-7-5-11-29-17)23(28)19-12-18(30-3)9-10-20(19)24/h4,6,8-10,12,17H,5,7,11,13-14H2,1-3H3,(H,25,27). The number of amides is 2. The summed E-state index contributed by atoms with van der Waals surface area (Å²) in [5, 5.41) is 3.32. The van der Waals surface area contributed by atoms with Gasteiger partial charge in [-0.15, -0.1) is 11.8 Å². The van der Waals surface area contributed by atoms with Crippen molar-refractivity contribution in [1.29, 1.82) is 0 Å². The highest BCUT2D eigenvalue weighted by Gasteiger charge is 2.26. The fraction of sp³-hybridized carbons (Fsp3) is 0.391. The number of hydrogen-bond donors (Lipinski definition) is 1. The van der Waals surface area contributed by atoms with Gasteiger partial charge in [0.25, 0.3) is 5.91 Å². The second-order valence-electron chi connectivity index (χ2n) is 7.46. The first kappa shape index (κ1) is 22.7. The lowest BCUT2D eigenvalue weighted by atomic mass is 10.1. The normalized spacial score (nSPS) is 15.8. The Labute approximate surface area is 187 Å². The molecule has 0 radical (unpaired) electrons. The number of nitrogens with one attached hydrogen (secondary N) is 1. The van der Waals surface area contributed by atoms with Crippen molar-refractivity contribution in [3.8, 4) is 0 Å². The molecule has 1 aliphatic rings. The van der Waals surface area contributed by atoms with Gasteiger partial charge in [0, 0.05) is 23.7 Å². The molecular formula is C23H27ClN2O3S. The molecule has 3 rings (SSSR count). The molecule has 0 aromatic heterocycles. The largest absolute Gasteiger partial charge is 0.376 e. The molecule has 2 amide bonds. The van der Waals surface area contributed by atoms with Crippen LogP contribution in [0, 0.1) is 13.8 Å². The first-order chi connectivity index (χ1) is 14.4. The van der Waals surface area contributed by atoms with Crippen molar-refractivity contribution in [2.45, 2.75) is 37.7 Å². The second-order valence-corrected chi connectivity index (χ2v) is 8.75. The van der Waals surface area contributed by atoms with Gasteiger partial charge >= 0.3 is 0 Å². The van der Waals surface area contributed by atoms with Gasteiger partial charge in [0.15, 0.2) is 0 Å². The van der Waals surface area contributed by atoms with E-state index in [2.05, 4.69) is 5.32 Å². The number of carbonyl (C=O) groups is 2. The van der Waals surface area contributed by atoms with Gasteiger partial charge in [-0.2, -0.15) is 0 Å². The molecule has 1 heterocycles. The van der Waals surface area contributed by atoms with Crippen molar-refractivity contribution in [2.75, 3.05) is 31.3 Å². The molecule has 1 atom stereocenters. The smallest absolute Gasteiger partial charge is 0.255 e. The van der Waals surface area contributed by atoms with Gasteiger partial charge in [-0.25, -0.2) is 0 Å². The Morgan fingerprint density at radius 1 is 1.27 bits per heavy atom. The molecule has 30 heavy (non-hydrogen) atoms. The van der Waals surface area contributed by atoms with Crippen molar-refractivity contribution in [1.82, 2.24) is 4.90 Å². The van der Waals surface area contributed by atoms with Gasteiger partial charge in [0.1, 0.15) is 6.54 Å². The predicted molar refractivity (Wildman–Crippen MR) is 123 cm³/mol. The molecule has 7 heteroatoms. The van der Waals surface area contributed by atoms with Gasteiger partial charge in [-0.3, -0.25) is 9.59 Å². The van der Waals surface area contributed by atoms with Crippen molar-refractivity contribution in [2.24, 2.45) is 0 Å². The van der Waals surface area contributed by atoms with Crippen LogP contribution in [0.5, 0.6) is 0 Å². The molecule has 1 N–H and O–H groups in total. The minimum atomic E-state index is -0.262. The van der Waals surface area contributed by atoms with E-state index < -0.39 is 0 Å². The number of halogens is 1. The lowest BCUT2D eigenvalue weighted by Crippen LogP contribution is -2.42. The fourth-order valence-electron chi connectivity index (χ4n) is 3.47. The highest BCUT2D eigenvalue weighted by atomic mass is 35.5. The molecule has 1 unspecified atom stereocenters. The summed E-state index contributed by atoms with van der Waals surface area (Å²) >= 11 is 7.86. The summed E-state index contributed by atoms with van der Waals surface area (Å²) in [5.41, 5.74) is 3.27. The number of nitrogens with zero attached hydrogens (tertiary/aromatic N) is 1. The summed E-state index contributed by atoms with van der Waals surface area (Å²) in [4.78, 5) is 28.6. The van der Waals surface area contributed by atoms with E-state index >= 15 is 0 Å². The fourth-order valence-corrected chi connectivity index (χ4v) is 4.11. The Morgan fingerprint density at radius 2 is 2.07 bits per heavy atom. The topological polar surface area (TPSA) is 58.6 Å². The molecule has 1 aliphatic heterocycles. The van der Waals surface area contributed by atoms with Crippen LogP contribution in [0.2, 0.25) is 5.02 Å². The van der Waals surface area contributed by atoms with Gasteiger partial charge < -0.3 is 15.0 Å². The van der Waals surface area contributed by atoms with Crippen LogP contribution in [0.1, 0.15) is 34.3 Å². The van der Waals surface area contributed by atoms with Gasteiger partial charge in [0.2, 0.25) is 5.91 Å². The van der Waals surface area contributed by atoms with Crippen LogP contribution in [0.25, 0.3) is 0 Å². The summed E-state index contributed by atoms with van der Waals surface area (Å²) in [7, 11) is 0. The maximum atomic E-state index is 13.3. The van der Waals surface area contributed by atoms with E-state index in [0.717, 1.165) is 34.6 Å².